The van der Waals surface area contributed by atoms with Gasteiger partial charge in [-0.25, -0.2) is 0 Å². The standard InChI is InChI=1S/C19H19F3N4O2/c1-13-11-26-16(8-9-24-26)12-25(13)18(28)10-23-17(27)7-4-14-2-5-15(6-3-14)19(20,21)22/h2-9,13H,10-12H2,1H3,(H,23,27)/b7-4+/t13-/m0/s1. The molecule has 2 amide bonds. The van der Waals surface area contributed by atoms with Crippen LogP contribution in [0.15, 0.2) is 42.6 Å². The van der Waals surface area contributed by atoms with E-state index < -0.39 is 17.6 Å². The number of hydrogen-bond donors (Lipinski definition) is 1. The fourth-order valence-corrected chi connectivity index (χ4v) is 2.95. The van der Waals surface area contributed by atoms with Crippen LogP contribution in [-0.2, 0) is 28.9 Å². The SMILES string of the molecule is C[C@H]1Cn2nccc2CN1C(=O)CNC(=O)/C=C/c1ccc(C(F)(F)F)cc1. The highest BCUT2D eigenvalue weighted by Gasteiger charge is 2.30. The van der Waals surface area contributed by atoms with E-state index >= 15 is 0 Å². The van der Waals surface area contributed by atoms with Gasteiger partial charge in [0, 0.05) is 18.3 Å². The molecule has 28 heavy (non-hydrogen) atoms. The van der Waals surface area contributed by atoms with E-state index in [4.69, 9.17) is 0 Å². The lowest BCUT2D eigenvalue weighted by molar-refractivity contribution is -0.137. The maximum absolute atomic E-state index is 12.5. The molecule has 0 aliphatic carbocycles. The van der Waals surface area contributed by atoms with Gasteiger partial charge < -0.3 is 10.2 Å². The molecule has 0 saturated carbocycles. The first-order chi connectivity index (χ1) is 13.2. The number of halogens is 3. The lowest BCUT2D eigenvalue weighted by atomic mass is 10.1. The Morgan fingerprint density at radius 1 is 1.25 bits per heavy atom. The van der Waals surface area contributed by atoms with Gasteiger partial charge in [-0.2, -0.15) is 18.3 Å². The fourth-order valence-electron chi connectivity index (χ4n) is 2.95. The molecule has 3 rings (SSSR count). The second-order valence-electron chi connectivity index (χ2n) is 6.55. The number of nitrogens with zero attached hydrogens (tertiary/aromatic N) is 3. The van der Waals surface area contributed by atoms with Crippen LogP contribution in [0.3, 0.4) is 0 Å². The third kappa shape index (κ3) is 4.59. The predicted molar refractivity (Wildman–Crippen MR) is 95.7 cm³/mol. The number of carbonyl (C=O) groups is 2. The van der Waals surface area contributed by atoms with Crippen molar-refractivity contribution in [3.8, 4) is 0 Å². The summed E-state index contributed by atoms with van der Waals surface area (Å²) in [6.45, 7) is 2.77. The van der Waals surface area contributed by atoms with Crippen LogP contribution >= 0.6 is 0 Å². The number of hydrogen-bond acceptors (Lipinski definition) is 3. The Morgan fingerprint density at radius 2 is 1.96 bits per heavy atom. The van der Waals surface area contributed by atoms with Gasteiger partial charge in [0.15, 0.2) is 0 Å². The largest absolute Gasteiger partial charge is 0.416 e. The molecule has 2 aromatic rings. The number of amides is 2. The molecular formula is C19H19F3N4O2. The van der Waals surface area contributed by atoms with E-state index in [1.165, 1.54) is 24.3 Å². The van der Waals surface area contributed by atoms with Crippen LogP contribution in [0, 0.1) is 0 Å². The number of aromatic nitrogens is 2. The van der Waals surface area contributed by atoms with E-state index in [-0.39, 0.29) is 18.5 Å². The molecule has 0 fully saturated rings. The van der Waals surface area contributed by atoms with Crippen LogP contribution in [-0.4, -0.2) is 39.1 Å². The van der Waals surface area contributed by atoms with Crippen molar-refractivity contribution in [3.63, 3.8) is 0 Å². The minimum atomic E-state index is -4.40. The Labute approximate surface area is 159 Å². The summed E-state index contributed by atoms with van der Waals surface area (Å²) in [5, 5.41) is 6.69. The van der Waals surface area contributed by atoms with Crippen LogP contribution < -0.4 is 5.32 Å². The van der Waals surface area contributed by atoms with Gasteiger partial charge in [0.05, 0.1) is 30.9 Å². The number of nitrogens with one attached hydrogen (secondary N) is 1. The molecule has 0 spiro atoms. The van der Waals surface area contributed by atoms with Crippen LogP contribution in [0.4, 0.5) is 13.2 Å². The second kappa shape index (κ2) is 7.87. The van der Waals surface area contributed by atoms with Gasteiger partial charge in [-0.1, -0.05) is 12.1 Å². The molecule has 0 saturated heterocycles. The summed E-state index contributed by atoms with van der Waals surface area (Å²) in [7, 11) is 0. The Kier molecular flexibility index (Phi) is 5.53. The third-order valence-electron chi connectivity index (χ3n) is 4.51. The van der Waals surface area contributed by atoms with Gasteiger partial charge in [0.1, 0.15) is 0 Å². The van der Waals surface area contributed by atoms with E-state index in [0.29, 0.717) is 18.7 Å². The molecule has 1 N–H and O–H groups in total. The molecule has 1 aliphatic heterocycles. The minimum absolute atomic E-state index is 0.0421. The van der Waals surface area contributed by atoms with Crippen molar-refractivity contribution in [2.24, 2.45) is 0 Å². The first-order valence-corrected chi connectivity index (χ1v) is 8.67. The highest BCUT2D eigenvalue weighted by atomic mass is 19.4. The quantitative estimate of drug-likeness (QED) is 0.813. The summed E-state index contributed by atoms with van der Waals surface area (Å²) in [6.07, 6.45) is -0.139. The predicted octanol–water partition coefficient (Wildman–Crippen LogP) is 2.46. The zero-order valence-electron chi connectivity index (χ0n) is 15.1. The average Bonchev–Trinajstić information content (AvgIpc) is 3.10. The topological polar surface area (TPSA) is 67.2 Å². The molecule has 1 aromatic carbocycles. The molecule has 1 aliphatic rings. The highest BCUT2D eigenvalue weighted by molar-refractivity contribution is 5.94. The highest BCUT2D eigenvalue weighted by Crippen LogP contribution is 2.29. The molecular weight excluding hydrogens is 373 g/mol. The molecule has 1 atom stereocenters. The summed E-state index contributed by atoms with van der Waals surface area (Å²) >= 11 is 0. The molecule has 0 bridgehead atoms. The smallest absolute Gasteiger partial charge is 0.343 e. The second-order valence-corrected chi connectivity index (χ2v) is 6.55. The summed E-state index contributed by atoms with van der Waals surface area (Å²) in [4.78, 5) is 26.0. The van der Waals surface area contributed by atoms with Crippen molar-refractivity contribution < 1.29 is 22.8 Å². The summed E-state index contributed by atoms with van der Waals surface area (Å²) in [5.74, 6) is -0.709. The van der Waals surface area contributed by atoms with Crippen molar-refractivity contribution in [2.75, 3.05) is 6.54 Å². The fraction of sp³-hybridized carbons (Fsp3) is 0.316. The lowest BCUT2D eigenvalue weighted by Gasteiger charge is -2.34. The molecule has 9 heteroatoms. The zero-order valence-corrected chi connectivity index (χ0v) is 15.1. The third-order valence-corrected chi connectivity index (χ3v) is 4.51. The average molecular weight is 392 g/mol. The minimum Gasteiger partial charge on any atom is -0.343 e. The Hall–Kier alpha value is -3.10. The molecule has 0 radical (unpaired) electrons. The van der Waals surface area contributed by atoms with E-state index in [2.05, 4.69) is 10.4 Å². The molecule has 148 valence electrons. The number of rotatable bonds is 4. The summed E-state index contributed by atoms with van der Waals surface area (Å²) in [6, 6.07) is 6.25. The number of fused-ring (bicyclic) bond motifs is 1. The van der Waals surface area contributed by atoms with Gasteiger partial charge in [0.25, 0.3) is 0 Å². The zero-order chi connectivity index (χ0) is 20.3. The monoisotopic (exact) mass is 392 g/mol. The maximum atomic E-state index is 12.5. The number of carbonyl (C=O) groups excluding carboxylic acids is 2. The van der Waals surface area contributed by atoms with E-state index in [0.717, 1.165) is 17.8 Å². The van der Waals surface area contributed by atoms with E-state index in [1.54, 1.807) is 11.1 Å². The Morgan fingerprint density at radius 3 is 2.64 bits per heavy atom. The van der Waals surface area contributed by atoms with Gasteiger partial charge in [-0.15, -0.1) is 0 Å². The maximum Gasteiger partial charge on any atom is 0.416 e. The molecule has 2 heterocycles. The van der Waals surface area contributed by atoms with Gasteiger partial charge >= 0.3 is 6.18 Å². The summed E-state index contributed by atoms with van der Waals surface area (Å²) in [5.41, 5.74) is 0.629. The van der Waals surface area contributed by atoms with Gasteiger partial charge in [0.2, 0.25) is 11.8 Å². The van der Waals surface area contributed by atoms with Gasteiger partial charge in [-0.3, -0.25) is 14.3 Å². The molecule has 0 unspecified atom stereocenters. The van der Waals surface area contributed by atoms with Crippen molar-refractivity contribution in [1.29, 1.82) is 0 Å². The molecule has 6 nitrogen and oxygen atoms in total. The first kappa shape index (κ1) is 19.7. The van der Waals surface area contributed by atoms with Crippen LogP contribution in [0.5, 0.6) is 0 Å². The summed E-state index contributed by atoms with van der Waals surface area (Å²) < 4.78 is 39.4. The van der Waals surface area contributed by atoms with Crippen LogP contribution in [0.1, 0.15) is 23.7 Å². The van der Waals surface area contributed by atoms with Gasteiger partial charge in [-0.05, 0) is 36.8 Å². The number of benzene rings is 1. The van der Waals surface area contributed by atoms with Crippen LogP contribution in [0.25, 0.3) is 6.08 Å². The van der Waals surface area contributed by atoms with Crippen molar-refractivity contribution in [3.05, 3.63) is 59.4 Å². The Balaban J connectivity index is 1.51. The first-order valence-electron chi connectivity index (χ1n) is 8.67. The van der Waals surface area contributed by atoms with Crippen molar-refractivity contribution in [1.82, 2.24) is 20.0 Å². The molecule has 1 aromatic heterocycles. The number of alkyl halides is 3. The van der Waals surface area contributed by atoms with Crippen molar-refractivity contribution >= 4 is 17.9 Å². The lowest BCUT2D eigenvalue weighted by Crippen LogP contribution is -2.48. The van der Waals surface area contributed by atoms with Crippen molar-refractivity contribution in [2.45, 2.75) is 32.2 Å². The van der Waals surface area contributed by atoms with E-state index in [1.807, 2.05) is 17.7 Å². The normalized spacial score (nSPS) is 16.9. The Bertz CT molecular complexity index is 887. The van der Waals surface area contributed by atoms with Crippen LogP contribution in [0.2, 0.25) is 0 Å². The van der Waals surface area contributed by atoms with E-state index in [9.17, 15) is 22.8 Å².